The molecule has 0 saturated heterocycles. The van der Waals surface area contributed by atoms with Crippen LogP contribution in [0.1, 0.15) is 32.1 Å². The average Bonchev–Trinajstić information content (AvgIpc) is 2.17. The Balaban J connectivity index is 0.00000225. The Morgan fingerprint density at radius 3 is 2.31 bits per heavy atom. The average molecular weight is 260 g/mol. The molecule has 0 aliphatic heterocycles. The van der Waals surface area contributed by atoms with Crippen LogP contribution in [0.2, 0.25) is 0 Å². The van der Waals surface area contributed by atoms with Crippen molar-refractivity contribution in [2.45, 2.75) is 32.1 Å². The van der Waals surface area contributed by atoms with E-state index in [2.05, 4.69) is 0 Å². The zero-order valence-electron chi connectivity index (χ0n) is 8.52. The molecular formula is C9H17NaO5S. The van der Waals surface area contributed by atoms with Gasteiger partial charge in [-0.3, -0.25) is 9.35 Å². The fraction of sp³-hybridized carbons (Fsp3) is 0.889. The van der Waals surface area contributed by atoms with Crippen LogP contribution in [0.15, 0.2) is 0 Å². The first-order valence-electron chi connectivity index (χ1n) is 5.11. The molecule has 7 heteroatoms. The Morgan fingerprint density at radius 1 is 1.25 bits per heavy atom. The van der Waals surface area contributed by atoms with Gasteiger partial charge in [0.05, 0.1) is 5.92 Å². The summed E-state index contributed by atoms with van der Waals surface area (Å²) < 4.78 is 33.9. The standard InChI is InChI=1S/C9H16O5S.Na.H/c10-9(8-4-2-1-3-5-8)14-6-7-15(11,12)13;;/h8H,1-7H2,(H,11,12,13);;. The van der Waals surface area contributed by atoms with Crippen molar-refractivity contribution in [1.82, 2.24) is 0 Å². The number of carbonyl (C=O) groups excluding carboxylic acids is 1. The van der Waals surface area contributed by atoms with Crippen LogP contribution in [0, 0.1) is 5.92 Å². The molecule has 0 amide bonds. The molecule has 16 heavy (non-hydrogen) atoms. The first-order valence-corrected chi connectivity index (χ1v) is 6.72. The molecule has 1 fully saturated rings. The molecule has 1 aliphatic carbocycles. The molecule has 1 aliphatic rings. The van der Waals surface area contributed by atoms with E-state index in [1.54, 1.807) is 0 Å². The molecule has 0 aromatic heterocycles. The van der Waals surface area contributed by atoms with Crippen molar-refractivity contribution in [3.63, 3.8) is 0 Å². The van der Waals surface area contributed by atoms with Crippen LogP contribution < -0.4 is 0 Å². The van der Waals surface area contributed by atoms with E-state index in [0.717, 1.165) is 32.1 Å². The van der Waals surface area contributed by atoms with Gasteiger partial charge in [0, 0.05) is 0 Å². The van der Waals surface area contributed by atoms with E-state index in [9.17, 15) is 13.2 Å². The normalized spacial score (nSPS) is 17.6. The van der Waals surface area contributed by atoms with Crippen LogP contribution in [0.5, 0.6) is 0 Å². The Labute approximate surface area is 118 Å². The quantitative estimate of drug-likeness (QED) is 0.448. The van der Waals surface area contributed by atoms with Crippen LogP contribution in [0.4, 0.5) is 0 Å². The Kier molecular flexibility index (Phi) is 7.84. The van der Waals surface area contributed by atoms with Crippen molar-refractivity contribution in [1.29, 1.82) is 0 Å². The summed E-state index contributed by atoms with van der Waals surface area (Å²) in [5, 5.41) is 0. The summed E-state index contributed by atoms with van der Waals surface area (Å²) in [6, 6.07) is 0. The number of esters is 1. The van der Waals surface area contributed by atoms with Crippen LogP contribution in [0.3, 0.4) is 0 Å². The summed E-state index contributed by atoms with van der Waals surface area (Å²) >= 11 is 0. The molecule has 0 unspecified atom stereocenters. The number of hydrogen-bond acceptors (Lipinski definition) is 4. The van der Waals surface area contributed by atoms with Crippen molar-refractivity contribution < 1.29 is 22.5 Å². The van der Waals surface area contributed by atoms with E-state index in [0.29, 0.717) is 0 Å². The Bertz CT molecular complexity index is 308. The van der Waals surface area contributed by atoms with Gasteiger partial charge in [-0.15, -0.1) is 0 Å². The van der Waals surface area contributed by atoms with Gasteiger partial charge in [0.15, 0.2) is 0 Å². The van der Waals surface area contributed by atoms with Gasteiger partial charge < -0.3 is 4.74 Å². The van der Waals surface area contributed by atoms with Crippen LogP contribution in [-0.2, 0) is 19.6 Å². The summed E-state index contributed by atoms with van der Waals surface area (Å²) in [6.45, 7) is -0.256. The van der Waals surface area contributed by atoms with Gasteiger partial charge in [-0.05, 0) is 12.8 Å². The van der Waals surface area contributed by atoms with Crippen molar-refractivity contribution in [2.24, 2.45) is 5.92 Å². The van der Waals surface area contributed by atoms with Crippen LogP contribution in [0.25, 0.3) is 0 Å². The fourth-order valence-corrected chi connectivity index (χ4v) is 2.00. The van der Waals surface area contributed by atoms with Gasteiger partial charge in [0.2, 0.25) is 0 Å². The Hall–Kier alpha value is 0.380. The minimum absolute atomic E-state index is 0. The number of carbonyl (C=O) groups is 1. The van der Waals surface area contributed by atoms with Gasteiger partial charge in [-0.1, -0.05) is 19.3 Å². The van der Waals surface area contributed by atoms with E-state index in [1.807, 2.05) is 0 Å². The third kappa shape index (κ3) is 6.85. The van der Waals surface area contributed by atoms with Crippen molar-refractivity contribution in [3.05, 3.63) is 0 Å². The molecule has 0 aromatic rings. The minimum atomic E-state index is -4.03. The second kappa shape index (κ2) is 7.66. The number of hydrogen-bond donors (Lipinski definition) is 1. The number of ether oxygens (including phenoxy) is 1. The van der Waals surface area contributed by atoms with E-state index in [4.69, 9.17) is 9.29 Å². The molecule has 0 heterocycles. The summed E-state index contributed by atoms with van der Waals surface area (Å²) in [4.78, 5) is 11.4. The summed E-state index contributed by atoms with van der Waals surface area (Å²) in [7, 11) is -4.03. The second-order valence-electron chi connectivity index (χ2n) is 3.79. The van der Waals surface area contributed by atoms with Crippen molar-refractivity contribution in [3.8, 4) is 0 Å². The molecule has 5 nitrogen and oxygen atoms in total. The molecule has 0 aromatic carbocycles. The van der Waals surface area contributed by atoms with Crippen molar-refractivity contribution >= 4 is 45.6 Å². The zero-order valence-corrected chi connectivity index (χ0v) is 9.33. The Morgan fingerprint density at radius 2 is 1.81 bits per heavy atom. The summed E-state index contributed by atoms with van der Waals surface area (Å²) in [5.41, 5.74) is 0. The molecule has 0 radical (unpaired) electrons. The van der Waals surface area contributed by atoms with E-state index < -0.39 is 15.9 Å². The summed E-state index contributed by atoms with van der Waals surface area (Å²) in [5.74, 6) is -0.940. The van der Waals surface area contributed by atoms with Gasteiger partial charge >= 0.3 is 35.5 Å². The molecule has 1 N–H and O–H groups in total. The van der Waals surface area contributed by atoms with E-state index in [1.165, 1.54) is 0 Å². The fourth-order valence-electron chi connectivity index (χ4n) is 1.70. The SMILES string of the molecule is O=C(OCCS(=O)(=O)O)C1CCCCC1.[NaH]. The zero-order chi connectivity index (χ0) is 11.3. The van der Waals surface area contributed by atoms with Crippen LogP contribution >= 0.6 is 0 Å². The molecule has 0 spiro atoms. The van der Waals surface area contributed by atoms with Crippen LogP contribution in [-0.4, -0.2) is 60.9 Å². The first kappa shape index (κ1) is 16.4. The molecule has 0 atom stereocenters. The maximum absolute atomic E-state index is 11.4. The number of rotatable bonds is 4. The molecule has 90 valence electrons. The molecule has 1 rings (SSSR count). The van der Waals surface area contributed by atoms with E-state index >= 15 is 0 Å². The van der Waals surface area contributed by atoms with Gasteiger partial charge in [-0.2, -0.15) is 8.42 Å². The van der Waals surface area contributed by atoms with E-state index in [-0.39, 0.29) is 48.1 Å². The third-order valence-electron chi connectivity index (χ3n) is 2.52. The second-order valence-corrected chi connectivity index (χ2v) is 5.36. The molecular weight excluding hydrogens is 243 g/mol. The third-order valence-corrected chi connectivity index (χ3v) is 3.21. The van der Waals surface area contributed by atoms with Gasteiger partial charge in [-0.25, -0.2) is 0 Å². The summed E-state index contributed by atoms with van der Waals surface area (Å²) in [6.07, 6.45) is 4.85. The maximum atomic E-state index is 11.4. The molecule has 0 bridgehead atoms. The van der Waals surface area contributed by atoms with Gasteiger partial charge in [0.25, 0.3) is 10.1 Å². The predicted molar refractivity (Wildman–Crippen MR) is 61.1 cm³/mol. The topological polar surface area (TPSA) is 80.7 Å². The first-order chi connectivity index (χ1) is 6.99. The van der Waals surface area contributed by atoms with Crippen molar-refractivity contribution in [2.75, 3.05) is 12.4 Å². The molecule has 1 saturated carbocycles. The van der Waals surface area contributed by atoms with Gasteiger partial charge in [0.1, 0.15) is 12.4 Å². The predicted octanol–water partition coefficient (Wildman–Crippen LogP) is 0.349. The monoisotopic (exact) mass is 260 g/mol.